The predicted octanol–water partition coefficient (Wildman–Crippen LogP) is 2.94. The quantitative estimate of drug-likeness (QED) is 0.393. The van der Waals surface area contributed by atoms with E-state index in [4.69, 9.17) is 23.7 Å². The molecular formula is C20H33NO6. The third-order valence-electron chi connectivity index (χ3n) is 4.01. The molecule has 0 unspecified atom stereocenters. The van der Waals surface area contributed by atoms with Crippen molar-refractivity contribution in [1.29, 1.82) is 0 Å². The third kappa shape index (κ3) is 8.05. The van der Waals surface area contributed by atoms with Crippen molar-refractivity contribution in [3.05, 3.63) is 17.7 Å². The molecule has 1 amide bonds. The second-order valence-corrected chi connectivity index (χ2v) is 5.87. The van der Waals surface area contributed by atoms with Crippen molar-refractivity contribution in [2.45, 2.75) is 45.8 Å². The van der Waals surface area contributed by atoms with E-state index in [1.165, 1.54) is 0 Å². The Labute approximate surface area is 162 Å². The van der Waals surface area contributed by atoms with Crippen molar-refractivity contribution < 1.29 is 28.5 Å². The topological polar surface area (TPSA) is 75.3 Å². The van der Waals surface area contributed by atoms with Crippen LogP contribution in [0.5, 0.6) is 17.2 Å². The summed E-state index contributed by atoms with van der Waals surface area (Å²) in [4.78, 5) is 12.1. The van der Waals surface area contributed by atoms with E-state index in [-0.39, 0.29) is 12.2 Å². The maximum Gasteiger partial charge on any atom is 0.220 e. The van der Waals surface area contributed by atoms with Crippen LogP contribution in [0.2, 0.25) is 0 Å². The van der Waals surface area contributed by atoms with Gasteiger partial charge in [-0.1, -0.05) is 0 Å². The average molecular weight is 383 g/mol. The number of hydrogen-bond acceptors (Lipinski definition) is 6. The van der Waals surface area contributed by atoms with Gasteiger partial charge in [0.05, 0.1) is 21.3 Å². The van der Waals surface area contributed by atoms with Gasteiger partial charge in [-0.2, -0.15) is 0 Å². The molecule has 0 aliphatic carbocycles. The summed E-state index contributed by atoms with van der Waals surface area (Å²) < 4.78 is 27.0. The molecular weight excluding hydrogens is 350 g/mol. The van der Waals surface area contributed by atoms with Gasteiger partial charge < -0.3 is 29.0 Å². The zero-order chi connectivity index (χ0) is 20.1. The number of carbonyl (C=O) groups excluding carboxylic acids is 1. The van der Waals surface area contributed by atoms with Crippen LogP contribution >= 0.6 is 0 Å². The summed E-state index contributed by atoms with van der Waals surface area (Å²) in [5, 5.41) is 2.94. The van der Waals surface area contributed by atoms with Gasteiger partial charge in [-0.3, -0.25) is 4.79 Å². The molecule has 7 heteroatoms. The Morgan fingerprint density at radius 2 is 1.59 bits per heavy atom. The van der Waals surface area contributed by atoms with E-state index < -0.39 is 0 Å². The predicted molar refractivity (Wildman–Crippen MR) is 104 cm³/mol. The van der Waals surface area contributed by atoms with Crippen LogP contribution in [-0.4, -0.2) is 53.3 Å². The van der Waals surface area contributed by atoms with Crippen molar-refractivity contribution in [1.82, 2.24) is 5.32 Å². The molecule has 0 aliphatic rings. The summed E-state index contributed by atoms with van der Waals surface area (Å²) in [6.45, 7) is 5.72. The van der Waals surface area contributed by atoms with E-state index in [9.17, 15) is 4.79 Å². The van der Waals surface area contributed by atoms with Crippen molar-refractivity contribution in [3.63, 3.8) is 0 Å². The first-order chi connectivity index (χ1) is 13.1. The number of ether oxygens (including phenoxy) is 5. The van der Waals surface area contributed by atoms with Crippen LogP contribution < -0.4 is 19.5 Å². The van der Waals surface area contributed by atoms with Crippen LogP contribution in [0.4, 0.5) is 0 Å². The fourth-order valence-corrected chi connectivity index (χ4v) is 2.71. The average Bonchev–Trinajstić information content (AvgIpc) is 2.68. The number of carbonyl (C=O) groups is 1. The monoisotopic (exact) mass is 383 g/mol. The minimum Gasteiger partial charge on any atom is -0.493 e. The molecule has 1 aromatic carbocycles. The van der Waals surface area contributed by atoms with E-state index in [0.29, 0.717) is 49.8 Å². The fourth-order valence-electron chi connectivity index (χ4n) is 2.71. The second-order valence-electron chi connectivity index (χ2n) is 5.87. The standard InChI is InChI=1S/C20H33NO6/c1-6-26-19(27-7-2)9-8-12-21-18(22)11-10-15-13-16(23-3)20(25-5)17(14-15)24-4/h13-14,19H,6-12H2,1-5H3,(H,21,22). The molecule has 27 heavy (non-hydrogen) atoms. The molecule has 1 N–H and O–H groups in total. The van der Waals surface area contributed by atoms with Crippen molar-refractivity contribution in [3.8, 4) is 17.2 Å². The lowest BCUT2D eigenvalue weighted by Gasteiger charge is -2.16. The summed E-state index contributed by atoms with van der Waals surface area (Å²) in [5.74, 6) is 1.73. The molecule has 0 fully saturated rings. The largest absolute Gasteiger partial charge is 0.493 e. The third-order valence-corrected chi connectivity index (χ3v) is 4.01. The van der Waals surface area contributed by atoms with Crippen LogP contribution in [0.1, 0.15) is 38.7 Å². The van der Waals surface area contributed by atoms with Crippen LogP contribution in [0, 0.1) is 0 Å². The molecule has 7 nitrogen and oxygen atoms in total. The van der Waals surface area contributed by atoms with Gasteiger partial charge in [-0.05, 0) is 44.4 Å². The number of methoxy groups -OCH3 is 3. The highest BCUT2D eigenvalue weighted by Gasteiger charge is 2.14. The molecule has 0 bridgehead atoms. The Morgan fingerprint density at radius 3 is 2.07 bits per heavy atom. The lowest BCUT2D eigenvalue weighted by Crippen LogP contribution is -2.26. The Kier molecular flexibility index (Phi) is 11.3. The van der Waals surface area contributed by atoms with Crippen LogP contribution in [-0.2, 0) is 20.7 Å². The molecule has 0 atom stereocenters. The fraction of sp³-hybridized carbons (Fsp3) is 0.650. The number of rotatable bonds is 14. The van der Waals surface area contributed by atoms with Gasteiger partial charge in [0.1, 0.15) is 0 Å². The highest BCUT2D eigenvalue weighted by Crippen LogP contribution is 2.38. The zero-order valence-electron chi connectivity index (χ0n) is 17.1. The van der Waals surface area contributed by atoms with Crippen LogP contribution in [0.15, 0.2) is 12.1 Å². The van der Waals surface area contributed by atoms with Gasteiger partial charge in [-0.25, -0.2) is 0 Å². The maximum absolute atomic E-state index is 12.1. The van der Waals surface area contributed by atoms with Crippen LogP contribution in [0.25, 0.3) is 0 Å². The normalized spacial score (nSPS) is 10.7. The van der Waals surface area contributed by atoms with Gasteiger partial charge in [0.2, 0.25) is 11.7 Å². The summed E-state index contributed by atoms with van der Waals surface area (Å²) in [7, 11) is 4.71. The smallest absolute Gasteiger partial charge is 0.220 e. The number of benzene rings is 1. The van der Waals surface area contributed by atoms with Gasteiger partial charge in [0.25, 0.3) is 0 Å². The van der Waals surface area contributed by atoms with E-state index in [1.807, 2.05) is 26.0 Å². The van der Waals surface area contributed by atoms with Gasteiger partial charge in [0.15, 0.2) is 17.8 Å². The molecule has 1 aromatic rings. The van der Waals surface area contributed by atoms with E-state index >= 15 is 0 Å². The summed E-state index contributed by atoms with van der Waals surface area (Å²) in [6.07, 6.45) is 2.34. The molecule has 0 spiro atoms. The summed E-state index contributed by atoms with van der Waals surface area (Å²) in [5.41, 5.74) is 0.951. The molecule has 0 aliphatic heterocycles. The minimum absolute atomic E-state index is 0.00752. The molecule has 0 saturated carbocycles. The first-order valence-electron chi connectivity index (χ1n) is 9.38. The Morgan fingerprint density at radius 1 is 1.00 bits per heavy atom. The van der Waals surface area contributed by atoms with Gasteiger partial charge in [0, 0.05) is 32.6 Å². The second kappa shape index (κ2) is 13.2. The van der Waals surface area contributed by atoms with Gasteiger partial charge in [-0.15, -0.1) is 0 Å². The van der Waals surface area contributed by atoms with Crippen molar-refractivity contribution in [2.75, 3.05) is 41.1 Å². The molecule has 0 saturated heterocycles. The Balaban J connectivity index is 2.44. The van der Waals surface area contributed by atoms with Crippen molar-refractivity contribution in [2.24, 2.45) is 0 Å². The van der Waals surface area contributed by atoms with E-state index in [2.05, 4.69) is 5.32 Å². The molecule has 0 radical (unpaired) electrons. The highest BCUT2D eigenvalue weighted by atomic mass is 16.7. The lowest BCUT2D eigenvalue weighted by atomic mass is 10.1. The number of aryl methyl sites for hydroxylation is 1. The van der Waals surface area contributed by atoms with Crippen molar-refractivity contribution >= 4 is 5.91 Å². The summed E-state index contributed by atoms with van der Waals surface area (Å²) >= 11 is 0. The Bertz CT molecular complexity index is 532. The molecule has 1 rings (SSSR count). The molecule has 0 aromatic heterocycles. The first kappa shape index (κ1) is 23.0. The van der Waals surface area contributed by atoms with E-state index in [0.717, 1.165) is 18.4 Å². The maximum atomic E-state index is 12.1. The summed E-state index contributed by atoms with van der Waals surface area (Å²) in [6, 6.07) is 3.73. The van der Waals surface area contributed by atoms with Crippen LogP contribution in [0.3, 0.4) is 0 Å². The molecule has 0 heterocycles. The van der Waals surface area contributed by atoms with E-state index in [1.54, 1.807) is 21.3 Å². The highest BCUT2D eigenvalue weighted by molar-refractivity contribution is 5.76. The SMILES string of the molecule is CCOC(CCCNC(=O)CCc1cc(OC)c(OC)c(OC)c1)OCC. The number of hydrogen-bond donors (Lipinski definition) is 1. The number of nitrogens with one attached hydrogen (secondary N) is 1. The molecule has 154 valence electrons. The minimum atomic E-state index is -0.198. The lowest BCUT2D eigenvalue weighted by molar-refractivity contribution is -0.140. The Hall–Kier alpha value is -1.99. The first-order valence-corrected chi connectivity index (χ1v) is 9.38. The van der Waals surface area contributed by atoms with Gasteiger partial charge >= 0.3 is 0 Å². The number of amides is 1. The zero-order valence-corrected chi connectivity index (χ0v) is 17.1.